The van der Waals surface area contributed by atoms with Crippen LogP contribution >= 0.6 is 11.8 Å². The fourth-order valence-corrected chi connectivity index (χ4v) is 6.17. The highest BCUT2D eigenvalue weighted by atomic mass is 32.2. The number of nitrogens with zero attached hydrogens (tertiary/aromatic N) is 2. The second-order valence-electron chi connectivity index (χ2n) is 11.0. The molecule has 1 N–H and O–H groups in total. The van der Waals surface area contributed by atoms with E-state index in [2.05, 4.69) is 5.32 Å². The summed E-state index contributed by atoms with van der Waals surface area (Å²) >= 11 is 1.50. The Balaban J connectivity index is 2.05. The maximum atomic E-state index is 14.1. The second-order valence-corrected chi connectivity index (χ2v) is 13.8. The number of carbonyl (C=O) groups excluding carboxylic acids is 2. The quantitative estimate of drug-likeness (QED) is 0.266. The normalized spacial score (nSPS) is 12.4. The van der Waals surface area contributed by atoms with Crippen molar-refractivity contribution in [2.45, 2.75) is 69.5 Å². The molecule has 3 aromatic rings. The van der Waals surface area contributed by atoms with Crippen molar-refractivity contribution in [1.29, 1.82) is 0 Å². The minimum atomic E-state index is -4.15. The maximum absolute atomic E-state index is 14.1. The van der Waals surface area contributed by atoms with E-state index in [1.165, 1.54) is 28.8 Å². The van der Waals surface area contributed by atoms with E-state index in [9.17, 15) is 18.0 Å². The Morgan fingerprint density at radius 2 is 1.64 bits per heavy atom. The summed E-state index contributed by atoms with van der Waals surface area (Å²) in [5, 5.41) is 2.94. The van der Waals surface area contributed by atoms with Gasteiger partial charge < -0.3 is 15.0 Å². The molecule has 42 heavy (non-hydrogen) atoms. The standard InChI is InChI=1S/C32H41N3O5S2/c1-8-40-27-14-12-26(13-15-27)35(42(38,39)29-18-16-28(41-7)17-19-29)22-30(36)34(21-25-11-9-10-23(2)20-25)24(3)31(37)33-32(4,5)6/h9-20,24H,8,21-22H2,1-7H3,(H,33,37)/t24-/m0/s1. The van der Waals surface area contributed by atoms with Crippen LogP contribution in [0.1, 0.15) is 45.7 Å². The molecule has 0 aromatic heterocycles. The molecule has 0 aliphatic carbocycles. The molecule has 3 rings (SSSR count). The second kappa shape index (κ2) is 14.1. The maximum Gasteiger partial charge on any atom is 0.264 e. The van der Waals surface area contributed by atoms with E-state index in [-0.39, 0.29) is 17.3 Å². The Morgan fingerprint density at radius 3 is 2.19 bits per heavy atom. The van der Waals surface area contributed by atoms with E-state index in [0.29, 0.717) is 18.0 Å². The summed E-state index contributed by atoms with van der Waals surface area (Å²) in [5.74, 6) is -0.249. The van der Waals surface area contributed by atoms with Gasteiger partial charge in [-0.3, -0.25) is 13.9 Å². The van der Waals surface area contributed by atoms with Crippen molar-refractivity contribution < 1.29 is 22.7 Å². The van der Waals surface area contributed by atoms with Gasteiger partial charge in [-0.25, -0.2) is 8.42 Å². The lowest BCUT2D eigenvalue weighted by Gasteiger charge is -2.33. The van der Waals surface area contributed by atoms with E-state index in [4.69, 9.17) is 4.74 Å². The molecule has 0 unspecified atom stereocenters. The number of ether oxygens (including phenoxy) is 1. The van der Waals surface area contributed by atoms with Gasteiger partial charge in [0, 0.05) is 17.0 Å². The van der Waals surface area contributed by atoms with Crippen LogP contribution in [0.4, 0.5) is 5.69 Å². The Kier molecular flexibility index (Phi) is 11.1. The summed E-state index contributed by atoms with van der Waals surface area (Å²) in [6, 6.07) is 19.9. The number of amides is 2. The van der Waals surface area contributed by atoms with E-state index < -0.39 is 34.1 Å². The number of hydrogen-bond acceptors (Lipinski definition) is 6. The van der Waals surface area contributed by atoms with E-state index in [1.807, 2.05) is 65.1 Å². The van der Waals surface area contributed by atoms with Crippen LogP contribution in [-0.4, -0.2) is 56.1 Å². The lowest BCUT2D eigenvalue weighted by molar-refractivity contribution is -0.140. The highest BCUT2D eigenvalue weighted by Gasteiger charge is 2.33. The molecule has 2 amide bonds. The number of thioether (sulfide) groups is 1. The lowest BCUT2D eigenvalue weighted by atomic mass is 10.1. The number of carbonyl (C=O) groups is 2. The molecule has 0 saturated carbocycles. The summed E-state index contributed by atoms with van der Waals surface area (Å²) in [5.41, 5.74) is 1.65. The van der Waals surface area contributed by atoms with Gasteiger partial charge in [-0.1, -0.05) is 29.8 Å². The third-order valence-corrected chi connectivity index (χ3v) is 8.99. The highest BCUT2D eigenvalue weighted by molar-refractivity contribution is 7.98. The smallest absolute Gasteiger partial charge is 0.264 e. The van der Waals surface area contributed by atoms with Crippen LogP contribution in [0.3, 0.4) is 0 Å². The monoisotopic (exact) mass is 611 g/mol. The summed E-state index contributed by atoms with van der Waals surface area (Å²) < 4.78 is 34.7. The van der Waals surface area contributed by atoms with Gasteiger partial charge in [0.05, 0.1) is 17.2 Å². The molecule has 0 aliphatic rings. The number of aryl methyl sites for hydroxylation is 1. The van der Waals surface area contributed by atoms with Gasteiger partial charge in [-0.05, 0) is 102 Å². The van der Waals surface area contributed by atoms with Crippen LogP contribution in [0.5, 0.6) is 5.75 Å². The molecule has 0 aliphatic heterocycles. The van der Waals surface area contributed by atoms with Gasteiger partial charge in [0.25, 0.3) is 10.0 Å². The zero-order valence-electron chi connectivity index (χ0n) is 25.4. The fourth-order valence-electron chi connectivity index (χ4n) is 4.34. The summed E-state index contributed by atoms with van der Waals surface area (Å²) in [6.07, 6.45) is 1.91. The van der Waals surface area contributed by atoms with Crippen molar-refractivity contribution in [2.24, 2.45) is 0 Å². The van der Waals surface area contributed by atoms with Crippen molar-refractivity contribution in [3.05, 3.63) is 83.9 Å². The largest absolute Gasteiger partial charge is 0.494 e. The van der Waals surface area contributed by atoms with Gasteiger partial charge in [-0.2, -0.15) is 0 Å². The van der Waals surface area contributed by atoms with Gasteiger partial charge in [0.15, 0.2) is 0 Å². The lowest BCUT2D eigenvalue weighted by Crippen LogP contribution is -2.54. The summed E-state index contributed by atoms with van der Waals surface area (Å²) in [6.45, 7) is 11.2. The van der Waals surface area contributed by atoms with Crippen LogP contribution < -0.4 is 14.4 Å². The highest BCUT2D eigenvalue weighted by Crippen LogP contribution is 2.28. The van der Waals surface area contributed by atoms with Crippen LogP contribution in [0.25, 0.3) is 0 Å². The number of hydrogen-bond donors (Lipinski definition) is 1. The molecule has 1 atom stereocenters. The van der Waals surface area contributed by atoms with E-state index in [1.54, 1.807) is 43.3 Å². The Hall–Kier alpha value is -3.50. The zero-order valence-corrected chi connectivity index (χ0v) is 27.0. The average Bonchev–Trinajstić information content (AvgIpc) is 2.94. The first-order valence-electron chi connectivity index (χ1n) is 13.8. The van der Waals surface area contributed by atoms with Crippen LogP contribution in [-0.2, 0) is 26.2 Å². The molecule has 0 spiro atoms. The van der Waals surface area contributed by atoms with Crippen LogP contribution in [0.15, 0.2) is 82.6 Å². The Labute approximate surface area is 254 Å². The minimum Gasteiger partial charge on any atom is -0.494 e. The fraction of sp³-hybridized carbons (Fsp3) is 0.375. The summed E-state index contributed by atoms with van der Waals surface area (Å²) in [7, 11) is -4.15. The van der Waals surface area contributed by atoms with Gasteiger partial charge in [0.1, 0.15) is 18.3 Å². The van der Waals surface area contributed by atoms with Crippen molar-refractivity contribution in [2.75, 3.05) is 23.7 Å². The Morgan fingerprint density at radius 1 is 1.00 bits per heavy atom. The van der Waals surface area contributed by atoms with Gasteiger partial charge >= 0.3 is 0 Å². The van der Waals surface area contributed by atoms with Crippen molar-refractivity contribution in [1.82, 2.24) is 10.2 Å². The van der Waals surface area contributed by atoms with Crippen molar-refractivity contribution in [3.63, 3.8) is 0 Å². The topological polar surface area (TPSA) is 96.0 Å². The van der Waals surface area contributed by atoms with Gasteiger partial charge in [0.2, 0.25) is 11.8 Å². The van der Waals surface area contributed by atoms with Gasteiger partial charge in [-0.15, -0.1) is 11.8 Å². The predicted octanol–water partition coefficient (Wildman–Crippen LogP) is 5.64. The molecule has 0 fully saturated rings. The minimum absolute atomic E-state index is 0.0609. The molecule has 8 nitrogen and oxygen atoms in total. The van der Waals surface area contributed by atoms with E-state index in [0.717, 1.165) is 20.3 Å². The summed E-state index contributed by atoms with van der Waals surface area (Å²) in [4.78, 5) is 29.7. The van der Waals surface area contributed by atoms with E-state index >= 15 is 0 Å². The molecular weight excluding hydrogens is 571 g/mol. The molecular formula is C32H41N3O5S2. The number of nitrogens with one attached hydrogen (secondary N) is 1. The first-order chi connectivity index (χ1) is 19.7. The Bertz CT molecular complexity index is 1470. The SMILES string of the molecule is CCOc1ccc(N(CC(=O)N(Cc2cccc(C)c2)[C@@H](C)C(=O)NC(C)(C)C)S(=O)(=O)c2ccc(SC)cc2)cc1. The third kappa shape index (κ3) is 8.75. The molecule has 10 heteroatoms. The first kappa shape index (κ1) is 33.0. The van der Waals surface area contributed by atoms with Crippen molar-refractivity contribution >= 4 is 39.3 Å². The molecule has 0 bridgehead atoms. The van der Waals surface area contributed by atoms with Crippen molar-refractivity contribution in [3.8, 4) is 5.75 Å². The molecule has 226 valence electrons. The molecule has 0 heterocycles. The number of benzene rings is 3. The number of sulfonamides is 1. The molecule has 0 saturated heterocycles. The number of rotatable bonds is 12. The zero-order chi connectivity index (χ0) is 31.1. The molecule has 0 radical (unpaired) electrons. The van der Waals surface area contributed by atoms with Crippen LogP contribution in [0, 0.1) is 6.92 Å². The predicted molar refractivity (Wildman–Crippen MR) is 169 cm³/mol. The molecule has 3 aromatic carbocycles. The first-order valence-corrected chi connectivity index (χ1v) is 16.5. The average molecular weight is 612 g/mol. The number of anilines is 1. The van der Waals surface area contributed by atoms with Crippen LogP contribution in [0.2, 0.25) is 0 Å². The third-order valence-electron chi connectivity index (χ3n) is 6.46.